The van der Waals surface area contributed by atoms with Gasteiger partial charge in [0.05, 0.1) is 12.7 Å². The highest BCUT2D eigenvalue weighted by Gasteiger charge is 2.12. The highest BCUT2D eigenvalue weighted by molar-refractivity contribution is 5.14. The van der Waals surface area contributed by atoms with Gasteiger partial charge in [-0.1, -0.05) is 170 Å². The first-order valence-electron chi connectivity index (χ1n) is 21.8. The molecule has 3 heteroatoms. The van der Waals surface area contributed by atoms with Crippen LogP contribution in [-0.4, -0.2) is 44.4 Å². The number of unbranched alkanes of at least 4 members (excludes halogenated alkanes) is 18. The van der Waals surface area contributed by atoms with E-state index >= 15 is 0 Å². The van der Waals surface area contributed by atoms with E-state index in [1.165, 1.54) is 134 Å². The van der Waals surface area contributed by atoms with Gasteiger partial charge in [-0.2, -0.15) is 0 Å². The maximum Gasteiger partial charge on any atom is 0.0820 e. The lowest BCUT2D eigenvalue weighted by Gasteiger charge is -2.22. The summed E-state index contributed by atoms with van der Waals surface area (Å²) >= 11 is 0. The molecule has 0 fully saturated rings. The second kappa shape index (κ2) is 39.3. The summed E-state index contributed by atoms with van der Waals surface area (Å²) in [4.78, 5) is 2.41. The van der Waals surface area contributed by atoms with Crippen molar-refractivity contribution < 1.29 is 9.47 Å². The molecule has 0 heterocycles. The normalized spacial score (nSPS) is 12.9. The molecule has 1 aromatic carbocycles. The summed E-state index contributed by atoms with van der Waals surface area (Å²) in [5.41, 5.74) is 1.37. The molecule has 1 aromatic rings. The molecule has 0 radical (unpaired) electrons. The van der Waals surface area contributed by atoms with Gasteiger partial charge in [0.1, 0.15) is 0 Å². The second-order valence-corrected chi connectivity index (χ2v) is 14.7. The number of benzene rings is 1. The van der Waals surface area contributed by atoms with Crippen molar-refractivity contribution in [2.24, 2.45) is 0 Å². The summed E-state index contributed by atoms with van der Waals surface area (Å²) in [6.07, 6.45) is 50.6. The highest BCUT2D eigenvalue weighted by Crippen LogP contribution is 2.12. The van der Waals surface area contributed by atoms with Gasteiger partial charge in [0, 0.05) is 26.3 Å². The summed E-state index contributed by atoms with van der Waals surface area (Å²) in [7, 11) is 2.22. The van der Waals surface area contributed by atoms with Crippen molar-refractivity contribution in [3.8, 4) is 0 Å². The van der Waals surface area contributed by atoms with E-state index in [-0.39, 0.29) is 6.10 Å². The Morgan fingerprint density at radius 3 is 1.49 bits per heavy atom. The van der Waals surface area contributed by atoms with Crippen LogP contribution >= 0.6 is 0 Å². The molecule has 0 aliphatic heterocycles. The molecule has 1 unspecified atom stereocenters. The maximum atomic E-state index is 6.42. The molecule has 0 saturated heterocycles. The molecule has 1 atom stereocenters. The Morgan fingerprint density at radius 1 is 0.529 bits per heavy atom. The van der Waals surface area contributed by atoms with Crippen molar-refractivity contribution in [2.75, 3.05) is 33.4 Å². The van der Waals surface area contributed by atoms with E-state index in [4.69, 9.17) is 9.47 Å². The zero-order chi connectivity index (χ0) is 36.6. The second-order valence-electron chi connectivity index (χ2n) is 14.7. The van der Waals surface area contributed by atoms with Crippen LogP contribution in [0.25, 0.3) is 0 Å². The van der Waals surface area contributed by atoms with Crippen LogP contribution in [0, 0.1) is 0 Å². The van der Waals surface area contributed by atoms with Gasteiger partial charge in [-0.15, -0.1) is 0 Å². The van der Waals surface area contributed by atoms with E-state index in [0.29, 0.717) is 0 Å². The van der Waals surface area contributed by atoms with E-state index in [9.17, 15) is 0 Å². The molecular formula is C48H83NO2. The van der Waals surface area contributed by atoms with Crippen molar-refractivity contribution in [3.05, 3.63) is 84.5 Å². The molecule has 0 N–H and O–H groups in total. The first-order valence-corrected chi connectivity index (χ1v) is 21.8. The van der Waals surface area contributed by atoms with Crippen LogP contribution in [0.2, 0.25) is 0 Å². The minimum atomic E-state index is 0.186. The zero-order valence-corrected chi connectivity index (χ0v) is 34.1. The van der Waals surface area contributed by atoms with Crippen LogP contribution in [0.1, 0.15) is 180 Å². The van der Waals surface area contributed by atoms with Crippen molar-refractivity contribution >= 4 is 0 Å². The van der Waals surface area contributed by atoms with E-state index < -0.39 is 0 Å². The lowest BCUT2D eigenvalue weighted by atomic mass is 10.1. The third-order valence-corrected chi connectivity index (χ3v) is 9.62. The molecular weight excluding hydrogens is 623 g/mol. The van der Waals surface area contributed by atoms with Crippen LogP contribution in [0.15, 0.2) is 78.9 Å². The predicted molar refractivity (Wildman–Crippen MR) is 227 cm³/mol. The Kier molecular flexibility index (Phi) is 36.3. The Balaban J connectivity index is 2.14. The predicted octanol–water partition coefficient (Wildman–Crippen LogP) is 14.5. The van der Waals surface area contributed by atoms with Crippen molar-refractivity contribution in [2.45, 2.75) is 187 Å². The number of hydrogen-bond donors (Lipinski definition) is 0. The Labute approximate surface area is 318 Å². The average Bonchev–Trinajstić information content (AvgIpc) is 3.14. The van der Waals surface area contributed by atoms with E-state index in [2.05, 4.69) is 105 Å². The van der Waals surface area contributed by atoms with E-state index in [0.717, 1.165) is 65.0 Å². The number of ether oxygens (including phenoxy) is 2. The molecule has 51 heavy (non-hydrogen) atoms. The van der Waals surface area contributed by atoms with Gasteiger partial charge in [0.15, 0.2) is 0 Å². The molecule has 292 valence electrons. The number of nitrogens with zero attached hydrogens (tertiary/aromatic N) is 1. The average molecular weight is 706 g/mol. The number of rotatable bonds is 38. The Hall–Kier alpha value is -1.94. The van der Waals surface area contributed by atoms with Crippen LogP contribution < -0.4 is 0 Å². The van der Waals surface area contributed by atoms with Crippen molar-refractivity contribution in [1.82, 2.24) is 4.90 Å². The van der Waals surface area contributed by atoms with Gasteiger partial charge in [-0.3, -0.25) is 0 Å². The summed E-state index contributed by atoms with van der Waals surface area (Å²) in [6.45, 7) is 8.98. The first-order chi connectivity index (χ1) is 25.3. The quantitative estimate of drug-likeness (QED) is 0.0505. The van der Waals surface area contributed by atoms with Gasteiger partial charge >= 0.3 is 0 Å². The van der Waals surface area contributed by atoms with E-state index in [1.807, 2.05) is 0 Å². The number of allylic oxidation sites excluding steroid dienone is 8. The lowest BCUT2D eigenvalue weighted by molar-refractivity contribution is -0.0257. The van der Waals surface area contributed by atoms with Gasteiger partial charge in [0.2, 0.25) is 0 Å². The summed E-state index contributed by atoms with van der Waals surface area (Å²) in [6, 6.07) is 10.8. The fraction of sp³-hybridized carbons (Fsp3) is 0.708. The van der Waals surface area contributed by atoms with Crippen molar-refractivity contribution in [1.29, 1.82) is 0 Å². The highest BCUT2D eigenvalue weighted by atomic mass is 16.5. The minimum Gasteiger partial charge on any atom is -0.379 e. The molecule has 3 nitrogen and oxygen atoms in total. The molecule has 0 aromatic heterocycles. The first kappa shape index (κ1) is 47.1. The monoisotopic (exact) mass is 706 g/mol. The van der Waals surface area contributed by atoms with E-state index in [1.54, 1.807) is 0 Å². The SMILES string of the molecule is CCCCCC=CCC=CCCCCCCCCOCC(CCN(C)Cc1ccccc1)OCCCCCCCCC=CCC=CCCCCC. The molecule has 0 saturated carbocycles. The van der Waals surface area contributed by atoms with Gasteiger partial charge in [-0.25, -0.2) is 0 Å². The lowest BCUT2D eigenvalue weighted by Crippen LogP contribution is -2.28. The third-order valence-electron chi connectivity index (χ3n) is 9.62. The van der Waals surface area contributed by atoms with Crippen LogP contribution in [0.3, 0.4) is 0 Å². The molecule has 0 amide bonds. The van der Waals surface area contributed by atoms with Crippen molar-refractivity contribution in [3.63, 3.8) is 0 Å². The van der Waals surface area contributed by atoms with Crippen LogP contribution in [0.5, 0.6) is 0 Å². The van der Waals surface area contributed by atoms with Gasteiger partial charge < -0.3 is 14.4 Å². The fourth-order valence-electron chi connectivity index (χ4n) is 6.30. The Morgan fingerprint density at radius 2 is 0.980 bits per heavy atom. The molecule has 0 spiro atoms. The summed E-state index contributed by atoms with van der Waals surface area (Å²) < 4.78 is 12.6. The third kappa shape index (κ3) is 34.9. The standard InChI is InChI=1S/C48H83NO2/c1-4-6-8-10-12-14-16-18-20-22-24-26-28-30-32-37-43-50-46-48(41-42-49(3)45-47-39-35-34-36-40-47)51-44-38-33-31-29-27-25-23-21-19-17-15-13-11-9-7-5-2/h12-15,18-21,34-36,39-40,48H,4-11,16-17,22-33,37-38,41-46H2,1-3H3. The van der Waals surface area contributed by atoms with Gasteiger partial charge in [-0.05, 0) is 96.1 Å². The fourth-order valence-corrected chi connectivity index (χ4v) is 6.30. The maximum absolute atomic E-state index is 6.42. The summed E-state index contributed by atoms with van der Waals surface area (Å²) in [5, 5.41) is 0. The zero-order valence-electron chi connectivity index (χ0n) is 34.1. The molecule has 0 aliphatic carbocycles. The molecule has 0 bridgehead atoms. The summed E-state index contributed by atoms with van der Waals surface area (Å²) in [5.74, 6) is 0. The Bertz CT molecular complexity index is 936. The largest absolute Gasteiger partial charge is 0.379 e. The number of hydrogen-bond acceptors (Lipinski definition) is 3. The molecule has 1 rings (SSSR count). The van der Waals surface area contributed by atoms with Crippen LogP contribution in [0.4, 0.5) is 0 Å². The molecule has 0 aliphatic rings. The smallest absolute Gasteiger partial charge is 0.0820 e. The van der Waals surface area contributed by atoms with Gasteiger partial charge in [0.25, 0.3) is 0 Å². The van der Waals surface area contributed by atoms with Crippen LogP contribution in [-0.2, 0) is 16.0 Å². The topological polar surface area (TPSA) is 21.7 Å². The minimum absolute atomic E-state index is 0.186.